The highest BCUT2D eigenvalue weighted by Crippen LogP contribution is 2.25. The molecule has 0 spiro atoms. The van der Waals surface area contributed by atoms with E-state index in [0.717, 1.165) is 11.6 Å². The third-order valence-electron chi connectivity index (χ3n) is 3.63. The largest absolute Gasteiger partial charge is 0.353 e. The Morgan fingerprint density at radius 2 is 2.00 bits per heavy atom. The van der Waals surface area contributed by atoms with Crippen LogP contribution in [0, 0.1) is 10.5 Å². The molecule has 3 rings (SSSR count). The summed E-state index contributed by atoms with van der Waals surface area (Å²) < 4.78 is 3.42. The zero-order valence-electron chi connectivity index (χ0n) is 11.1. The molecule has 0 bridgehead atoms. The predicted octanol–water partition coefficient (Wildman–Crippen LogP) is 4.14. The molecule has 2 aromatic rings. The lowest BCUT2D eigenvalue weighted by atomic mass is 10.2. The van der Waals surface area contributed by atoms with Gasteiger partial charge in [-0.15, -0.1) is 0 Å². The molecule has 19 heavy (non-hydrogen) atoms. The van der Waals surface area contributed by atoms with Gasteiger partial charge in [0.2, 0.25) is 5.95 Å². The lowest BCUT2D eigenvalue weighted by Gasteiger charge is -2.15. The Hall–Kier alpha value is -1.04. The second-order valence-electron chi connectivity index (χ2n) is 5.15. The summed E-state index contributed by atoms with van der Waals surface area (Å²) in [5.41, 5.74) is 2.25. The van der Waals surface area contributed by atoms with Gasteiger partial charge in [0.05, 0.1) is 11.4 Å². The molecule has 0 unspecified atom stereocenters. The summed E-state index contributed by atoms with van der Waals surface area (Å²) in [5.74, 6) is 0.980. The standard InChI is InChI=1S/C15H18IN3/c1-11-10-19(14-9-5-4-8-13(14)16)15(17-11)18-12-6-2-3-7-12/h4-5,8-10,12H,2-3,6-7H2,1H3,(H,17,18). The number of hydrogen-bond acceptors (Lipinski definition) is 2. The van der Waals surface area contributed by atoms with Gasteiger partial charge < -0.3 is 5.32 Å². The fourth-order valence-corrected chi connectivity index (χ4v) is 3.33. The van der Waals surface area contributed by atoms with Crippen molar-refractivity contribution in [2.24, 2.45) is 0 Å². The van der Waals surface area contributed by atoms with Gasteiger partial charge in [-0.3, -0.25) is 4.57 Å². The highest BCUT2D eigenvalue weighted by atomic mass is 127. The van der Waals surface area contributed by atoms with Crippen molar-refractivity contribution in [3.63, 3.8) is 0 Å². The van der Waals surface area contributed by atoms with Crippen molar-refractivity contribution in [3.05, 3.63) is 39.7 Å². The molecule has 1 aliphatic carbocycles. The Morgan fingerprint density at radius 1 is 1.26 bits per heavy atom. The first kappa shape index (κ1) is 13.0. The van der Waals surface area contributed by atoms with Gasteiger partial charge in [-0.25, -0.2) is 4.98 Å². The Kier molecular flexibility index (Phi) is 3.77. The van der Waals surface area contributed by atoms with Crippen LogP contribution in [0.5, 0.6) is 0 Å². The third kappa shape index (κ3) is 2.78. The van der Waals surface area contributed by atoms with Gasteiger partial charge in [-0.1, -0.05) is 25.0 Å². The average molecular weight is 367 g/mol. The summed E-state index contributed by atoms with van der Waals surface area (Å²) in [5, 5.41) is 3.60. The smallest absolute Gasteiger partial charge is 0.207 e. The van der Waals surface area contributed by atoms with Gasteiger partial charge in [-0.05, 0) is 54.5 Å². The zero-order chi connectivity index (χ0) is 13.2. The first-order valence-corrected chi connectivity index (χ1v) is 7.89. The fraction of sp³-hybridized carbons (Fsp3) is 0.400. The van der Waals surface area contributed by atoms with Crippen LogP contribution in [0.15, 0.2) is 30.5 Å². The molecule has 0 saturated heterocycles. The monoisotopic (exact) mass is 367 g/mol. The summed E-state index contributed by atoms with van der Waals surface area (Å²) >= 11 is 2.38. The van der Waals surface area contributed by atoms with E-state index in [1.165, 1.54) is 34.9 Å². The minimum Gasteiger partial charge on any atom is -0.353 e. The van der Waals surface area contributed by atoms with E-state index in [9.17, 15) is 0 Å². The van der Waals surface area contributed by atoms with Crippen molar-refractivity contribution in [2.45, 2.75) is 38.6 Å². The molecule has 3 nitrogen and oxygen atoms in total. The van der Waals surface area contributed by atoms with Gasteiger partial charge in [-0.2, -0.15) is 0 Å². The van der Waals surface area contributed by atoms with E-state index in [-0.39, 0.29) is 0 Å². The highest BCUT2D eigenvalue weighted by Gasteiger charge is 2.18. The van der Waals surface area contributed by atoms with Crippen LogP contribution in [0.2, 0.25) is 0 Å². The van der Waals surface area contributed by atoms with Crippen molar-refractivity contribution in [1.29, 1.82) is 0 Å². The Balaban J connectivity index is 1.94. The van der Waals surface area contributed by atoms with Crippen molar-refractivity contribution in [2.75, 3.05) is 5.32 Å². The van der Waals surface area contributed by atoms with E-state index in [4.69, 9.17) is 0 Å². The number of nitrogens with zero attached hydrogens (tertiary/aromatic N) is 2. The summed E-state index contributed by atoms with van der Waals surface area (Å²) in [4.78, 5) is 4.64. The molecule has 1 heterocycles. The quantitative estimate of drug-likeness (QED) is 0.827. The second kappa shape index (κ2) is 5.53. The van der Waals surface area contributed by atoms with Crippen LogP contribution in [0.25, 0.3) is 5.69 Å². The van der Waals surface area contributed by atoms with Crippen LogP contribution in [-0.2, 0) is 0 Å². The number of hydrogen-bond donors (Lipinski definition) is 1. The van der Waals surface area contributed by atoms with Gasteiger partial charge in [0.25, 0.3) is 0 Å². The molecule has 0 aliphatic heterocycles. The van der Waals surface area contributed by atoms with Crippen LogP contribution < -0.4 is 5.32 Å². The van der Waals surface area contributed by atoms with Crippen LogP contribution in [0.3, 0.4) is 0 Å². The van der Waals surface area contributed by atoms with Crippen molar-refractivity contribution < 1.29 is 0 Å². The predicted molar refractivity (Wildman–Crippen MR) is 86.9 cm³/mol. The van der Waals surface area contributed by atoms with E-state index < -0.39 is 0 Å². The topological polar surface area (TPSA) is 29.9 Å². The fourth-order valence-electron chi connectivity index (χ4n) is 2.68. The van der Waals surface area contributed by atoms with Gasteiger partial charge in [0, 0.05) is 15.8 Å². The Bertz CT molecular complexity index is 571. The number of rotatable bonds is 3. The second-order valence-corrected chi connectivity index (χ2v) is 6.32. The van der Waals surface area contributed by atoms with Crippen LogP contribution in [0.1, 0.15) is 31.4 Å². The van der Waals surface area contributed by atoms with E-state index >= 15 is 0 Å². The summed E-state index contributed by atoms with van der Waals surface area (Å²) in [7, 11) is 0. The third-order valence-corrected chi connectivity index (χ3v) is 4.54. The SMILES string of the molecule is Cc1cn(-c2ccccc2I)c(NC2CCCC2)n1. The maximum absolute atomic E-state index is 4.64. The molecule has 0 amide bonds. The number of anilines is 1. The Labute approximate surface area is 127 Å². The molecule has 1 saturated carbocycles. The summed E-state index contributed by atoms with van der Waals surface area (Å²) in [6, 6.07) is 9.00. The van der Waals surface area contributed by atoms with Gasteiger partial charge in [0.15, 0.2) is 0 Å². The van der Waals surface area contributed by atoms with E-state index in [2.05, 4.69) is 67.9 Å². The lowest BCUT2D eigenvalue weighted by molar-refractivity contribution is 0.740. The minimum absolute atomic E-state index is 0.585. The number of para-hydroxylation sites is 1. The number of halogens is 1. The van der Waals surface area contributed by atoms with Crippen molar-refractivity contribution in [3.8, 4) is 5.69 Å². The molecule has 4 heteroatoms. The molecule has 1 aliphatic rings. The first-order chi connectivity index (χ1) is 9.24. The molecule has 1 N–H and O–H groups in total. The van der Waals surface area contributed by atoms with Crippen molar-refractivity contribution in [1.82, 2.24) is 9.55 Å². The van der Waals surface area contributed by atoms with Gasteiger partial charge >= 0.3 is 0 Å². The number of benzene rings is 1. The number of aryl methyl sites for hydroxylation is 1. The summed E-state index contributed by atoms with van der Waals surface area (Å²) in [6.45, 7) is 2.05. The van der Waals surface area contributed by atoms with Crippen LogP contribution in [0.4, 0.5) is 5.95 Å². The summed E-state index contributed by atoms with van der Waals surface area (Å²) in [6.07, 6.45) is 7.30. The first-order valence-electron chi connectivity index (χ1n) is 6.81. The molecule has 100 valence electrons. The zero-order valence-corrected chi connectivity index (χ0v) is 13.2. The maximum atomic E-state index is 4.64. The van der Waals surface area contributed by atoms with E-state index in [0.29, 0.717) is 6.04 Å². The minimum atomic E-state index is 0.585. The number of imidazole rings is 1. The molecule has 0 atom stereocenters. The van der Waals surface area contributed by atoms with E-state index in [1.54, 1.807) is 0 Å². The van der Waals surface area contributed by atoms with Crippen LogP contribution >= 0.6 is 22.6 Å². The number of nitrogens with one attached hydrogen (secondary N) is 1. The molecule has 1 fully saturated rings. The Morgan fingerprint density at radius 3 is 2.74 bits per heavy atom. The molecule has 1 aromatic carbocycles. The van der Waals surface area contributed by atoms with Gasteiger partial charge in [0.1, 0.15) is 0 Å². The normalized spacial score (nSPS) is 15.9. The maximum Gasteiger partial charge on any atom is 0.207 e. The highest BCUT2D eigenvalue weighted by molar-refractivity contribution is 14.1. The van der Waals surface area contributed by atoms with Crippen molar-refractivity contribution >= 4 is 28.5 Å². The molecular formula is C15H18IN3. The lowest BCUT2D eigenvalue weighted by Crippen LogP contribution is -2.17. The molecular weight excluding hydrogens is 349 g/mol. The number of aromatic nitrogens is 2. The van der Waals surface area contributed by atoms with E-state index in [1.807, 2.05) is 6.92 Å². The molecule has 1 aromatic heterocycles. The van der Waals surface area contributed by atoms with Crippen LogP contribution in [-0.4, -0.2) is 15.6 Å². The molecule has 0 radical (unpaired) electrons. The average Bonchev–Trinajstić information content (AvgIpc) is 3.01.